The number of hydrogen-bond acceptors (Lipinski definition) is 23. The van der Waals surface area contributed by atoms with Crippen LogP contribution < -0.4 is 0 Å². The summed E-state index contributed by atoms with van der Waals surface area (Å²) in [5.74, 6) is 5.91. The summed E-state index contributed by atoms with van der Waals surface area (Å²) in [6.45, 7) is 23.1. The molecule has 0 radical (unpaired) electrons. The normalized spacial score (nSPS) is 56.1. The van der Waals surface area contributed by atoms with Gasteiger partial charge >= 0.3 is 35.8 Å². The lowest BCUT2D eigenvalue weighted by Gasteiger charge is -2.58. The number of methoxy groups -OCH3 is 2. The molecule has 39 atom stereocenters. The van der Waals surface area contributed by atoms with E-state index >= 15 is 0 Å². The van der Waals surface area contributed by atoms with Crippen molar-refractivity contribution in [3.63, 3.8) is 0 Å². The number of Topliss-reactive ketones (excluding diaryl/α,β-unsaturated/α-hetero) is 1. The molecular formula is C112H140O23. The summed E-state index contributed by atoms with van der Waals surface area (Å²) in [6.07, 6.45) is 43.6. The largest absolute Gasteiger partial charge is 0.469 e. The molecule has 0 N–H and O–H groups in total. The SMILES string of the molecule is CC12CCC(=O)C=C1C1CC1C1C3CC[C@@]4(CCC(=O)O4)C3(C)C[C@H]3OC132.CC12CCC(=O)C=C1CCC1C3CC[C@@]4(CCC(=O)O4)C3(C)C[C@H]3OC132.CC12C[C@H]3OC34C(CCC3=CC(=O)CCC34C)C1CCC2=O.COC(=O)[C@@H]1CC2=CC(=O)CCC2(C)C23O[C@@H]2CC2(C)C(CC[C@@]24CCC(=O)O4)C13.COC(=O)[C@@H]1CC2=CC(=O)CC[C@]2(C)C2C1C1CC[C@@]3(CCC(=O)O3)[C@@]1(C)C1O[C@H]12. The molecule has 0 amide bonds. The number of fused-ring (bicyclic) bond motifs is 27. The average molecular weight is 1850 g/mol. The maximum absolute atomic E-state index is 13.0. The monoisotopic (exact) mass is 1850 g/mol. The molecule has 23 nitrogen and oxygen atoms in total. The minimum absolute atomic E-state index is 0.00124. The first kappa shape index (κ1) is 88.5. The van der Waals surface area contributed by atoms with Crippen LogP contribution >= 0.6 is 0 Å². The molecule has 23 heteroatoms. The van der Waals surface area contributed by atoms with E-state index in [1.54, 1.807) is 12.2 Å². The molecule has 135 heavy (non-hydrogen) atoms. The molecule has 30 aliphatic rings. The molecule has 16 saturated carbocycles. The zero-order valence-electron chi connectivity index (χ0n) is 81.5. The number of esters is 6. The van der Waals surface area contributed by atoms with Gasteiger partial charge in [0.15, 0.2) is 28.9 Å². The number of carbonyl (C=O) groups is 12. The Bertz CT molecular complexity index is 5590. The third-order valence-corrected chi connectivity index (χ3v) is 48.5. The number of rotatable bonds is 2. The Balaban J connectivity index is 0.0000000881. The quantitative estimate of drug-likeness (QED) is 0.141. The summed E-state index contributed by atoms with van der Waals surface area (Å²) in [6, 6.07) is 0. The highest BCUT2D eigenvalue weighted by Crippen LogP contribution is 2.86. The summed E-state index contributed by atoms with van der Waals surface area (Å²) in [5, 5.41) is 0. The Labute approximate surface area is 792 Å². The minimum Gasteiger partial charge on any atom is -0.469 e. The van der Waals surface area contributed by atoms with Crippen molar-refractivity contribution >= 4 is 70.5 Å². The first-order chi connectivity index (χ1) is 64.1. The Morgan fingerprint density at radius 2 is 0.741 bits per heavy atom. The number of ketones is 6. The standard InChI is InChI=1S/2C24H30O6.C23H28O4.C22H28O4.C19H24O3/c1-21-7-4-14(25)10-13(21)11-15(20(27)28-3)19-16-5-8-23(9-6-18(26)30-23)22(16,2)12-17-24(19,21)29-17;1-22-7-4-13(25)10-12(22)11-14(21(27)28-3)17-15-5-8-24(9-6-16(26)30-24)23(15,2)20-19(29-20)18(17)22;1-20-6-3-12(24)9-16(20)13-10-14(13)19-15-4-7-22(8-5-18(25)27-22)21(15,2)11-17-23(19,20)26-17;1-19-8-5-14(23)11-13(19)3-4-16-15-6-9-21(10-7-18(24)26-21)20(15,2)12-17-22(16,19)25-17;1-17-10-16-19(22-16)14(13(17)5-6-15(17)21)4-3-11-9-12(20)7-8-18(11,19)2/h10,15-17,19H,4-9,11-12H2,1-3H3;10,14-15,17-20H,4-9,11H2,1-3H3;9,13-15,17,19H,3-8,10-11H2,1-2H3;11,15-17H,3-10,12H2,1-2H3;9,13-14,16H,3-8,10H2,1-2H3/t15-,16?,17-,19?,21?,22?,23-,24?;14-,15?,17?,18?,19+,20?,22+,23-,24-;13?,14?,15?,17-,19?,20?,21?,22-,23?;15?,16?,17-,19?,20?,21-,22?;13?,14?,16-,17?,18?,19?/m11111/s1. The lowest BCUT2D eigenvalue weighted by molar-refractivity contribution is -0.172. The molecule has 9 aliphatic heterocycles. The van der Waals surface area contributed by atoms with Gasteiger partial charge in [-0.25, -0.2) is 0 Å². The van der Waals surface area contributed by atoms with Crippen molar-refractivity contribution in [3.8, 4) is 0 Å². The molecule has 21 aliphatic carbocycles. The molecule has 726 valence electrons. The van der Waals surface area contributed by atoms with Gasteiger partial charge in [0.1, 0.15) is 50.6 Å². The molecule has 26 unspecified atom stereocenters. The number of epoxide rings is 5. The third kappa shape index (κ3) is 10.7. The highest BCUT2D eigenvalue weighted by Gasteiger charge is 2.90. The van der Waals surface area contributed by atoms with Gasteiger partial charge < -0.3 is 52.1 Å². The van der Waals surface area contributed by atoms with Gasteiger partial charge in [0.25, 0.3) is 0 Å². The molecule has 0 aromatic rings. The van der Waals surface area contributed by atoms with Crippen molar-refractivity contribution in [3.05, 3.63) is 58.2 Å². The number of carbonyl (C=O) groups excluding carboxylic acids is 12. The van der Waals surface area contributed by atoms with Crippen LogP contribution in [0.1, 0.15) is 320 Å². The van der Waals surface area contributed by atoms with E-state index in [1.807, 2.05) is 18.2 Å². The van der Waals surface area contributed by atoms with Gasteiger partial charge in [0.2, 0.25) is 0 Å². The summed E-state index contributed by atoms with van der Waals surface area (Å²) in [4.78, 5) is 147. The van der Waals surface area contributed by atoms with E-state index in [0.29, 0.717) is 135 Å². The summed E-state index contributed by atoms with van der Waals surface area (Å²) < 4.78 is 67.5. The number of ether oxygens (including phenoxy) is 11. The second-order valence-electron chi connectivity index (χ2n) is 51.9. The fourth-order valence-corrected chi connectivity index (χ4v) is 41.5. The fourth-order valence-electron chi connectivity index (χ4n) is 41.5. The first-order valence-corrected chi connectivity index (χ1v) is 53.2. The number of allylic oxidation sites excluding steroid dienone is 1. The van der Waals surface area contributed by atoms with Crippen molar-refractivity contribution in [2.24, 2.45) is 143 Å². The van der Waals surface area contributed by atoms with E-state index in [9.17, 15) is 57.5 Å². The van der Waals surface area contributed by atoms with E-state index in [1.165, 1.54) is 43.8 Å². The van der Waals surface area contributed by atoms with Crippen LogP contribution in [0.2, 0.25) is 0 Å². The molecule has 8 spiro atoms. The molecule has 30 rings (SSSR count). The van der Waals surface area contributed by atoms with Crippen LogP contribution in [0.25, 0.3) is 0 Å². The zero-order chi connectivity index (χ0) is 93.8. The molecule has 9 saturated heterocycles. The molecule has 25 fully saturated rings. The Hall–Kier alpha value is -6.66. The topological polar surface area (TPSA) is 323 Å². The second kappa shape index (κ2) is 27.8. The predicted octanol–water partition coefficient (Wildman–Crippen LogP) is 16.6. The lowest BCUT2D eigenvalue weighted by Crippen LogP contribution is -2.63. The van der Waals surface area contributed by atoms with Gasteiger partial charge in [-0.2, -0.15) is 0 Å². The maximum atomic E-state index is 13.0. The lowest BCUT2D eigenvalue weighted by atomic mass is 9.43. The van der Waals surface area contributed by atoms with Crippen LogP contribution in [0.15, 0.2) is 58.2 Å². The minimum atomic E-state index is -0.459. The van der Waals surface area contributed by atoms with E-state index in [-0.39, 0.29) is 213 Å². The highest BCUT2D eigenvalue weighted by molar-refractivity contribution is 5.95. The van der Waals surface area contributed by atoms with E-state index in [0.717, 1.165) is 178 Å². The van der Waals surface area contributed by atoms with Crippen LogP contribution in [0.4, 0.5) is 0 Å². The zero-order valence-corrected chi connectivity index (χ0v) is 81.5. The summed E-state index contributed by atoms with van der Waals surface area (Å²) in [7, 11) is 2.91. The smallest absolute Gasteiger partial charge is 0.309 e. The fraction of sp³-hybridized carbons (Fsp3) is 0.804. The molecule has 0 bridgehead atoms. The average Bonchev–Trinajstić information content (AvgIpc) is 1.46. The van der Waals surface area contributed by atoms with Crippen LogP contribution in [0.3, 0.4) is 0 Å². The van der Waals surface area contributed by atoms with Crippen molar-refractivity contribution in [2.45, 2.75) is 401 Å². The predicted molar refractivity (Wildman–Crippen MR) is 482 cm³/mol. The van der Waals surface area contributed by atoms with Gasteiger partial charge in [0.05, 0.1) is 62.7 Å². The third-order valence-electron chi connectivity index (χ3n) is 48.5. The highest BCUT2D eigenvalue weighted by atomic mass is 16.6. The number of hydrogen-bond donors (Lipinski definition) is 0. The maximum Gasteiger partial charge on any atom is 0.309 e. The van der Waals surface area contributed by atoms with Crippen molar-refractivity contribution < 1.29 is 110 Å². The van der Waals surface area contributed by atoms with Gasteiger partial charge in [0, 0.05) is 125 Å². The molecule has 0 aromatic heterocycles. The Kier molecular flexibility index (Phi) is 18.2. The van der Waals surface area contributed by atoms with Gasteiger partial charge in [-0.1, -0.05) is 97.1 Å². The second-order valence-corrected chi connectivity index (χ2v) is 51.9. The first-order valence-electron chi connectivity index (χ1n) is 53.2. The summed E-state index contributed by atoms with van der Waals surface area (Å²) in [5.41, 5.74) is 3.59. The molecular weight excluding hydrogens is 1710 g/mol. The Morgan fingerprint density at radius 1 is 0.341 bits per heavy atom. The van der Waals surface area contributed by atoms with Gasteiger partial charge in [-0.05, 0) is 287 Å². The summed E-state index contributed by atoms with van der Waals surface area (Å²) >= 11 is 0. The van der Waals surface area contributed by atoms with Crippen LogP contribution in [-0.2, 0) is 110 Å². The van der Waals surface area contributed by atoms with E-state index < -0.39 is 16.8 Å². The van der Waals surface area contributed by atoms with Crippen molar-refractivity contribution in [1.29, 1.82) is 0 Å². The molecule has 0 aromatic carbocycles. The van der Waals surface area contributed by atoms with Gasteiger partial charge in [-0.3, -0.25) is 57.5 Å². The van der Waals surface area contributed by atoms with E-state index in [4.69, 9.17) is 52.1 Å². The van der Waals surface area contributed by atoms with Crippen molar-refractivity contribution in [2.75, 3.05) is 14.2 Å². The van der Waals surface area contributed by atoms with Crippen molar-refractivity contribution in [1.82, 2.24) is 0 Å². The van der Waals surface area contributed by atoms with Crippen LogP contribution in [0, 0.1) is 143 Å². The van der Waals surface area contributed by atoms with Gasteiger partial charge in [-0.15, -0.1) is 0 Å². The molecule has 9 heterocycles. The van der Waals surface area contributed by atoms with E-state index in [2.05, 4.69) is 69.2 Å². The van der Waals surface area contributed by atoms with Crippen LogP contribution in [-0.4, -0.2) is 166 Å². The Morgan fingerprint density at radius 3 is 1.27 bits per heavy atom. The van der Waals surface area contributed by atoms with Crippen LogP contribution in [0.5, 0.6) is 0 Å².